The second-order valence-electron chi connectivity index (χ2n) is 8.75. The Morgan fingerprint density at radius 3 is 2.17 bits per heavy atom. The lowest BCUT2D eigenvalue weighted by molar-refractivity contribution is -0.130. The molecule has 0 aromatic heterocycles. The minimum atomic E-state index is -0.480. The lowest BCUT2D eigenvalue weighted by Gasteiger charge is -2.36. The molecular weight excluding hydrogens is 372 g/mol. The summed E-state index contributed by atoms with van der Waals surface area (Å²) in [6.45, 7) is 5.29. The van der Waals surface area contributed by atoms with Gasteiger partial charge in [-0.2, -0.15) is 0 Å². The van der Waals surface area contributed by atoms with Crippen molar-refractivity contribution in [2.75, 3.05) is 26.3 Å². The molecule has 2 aromatic rings. The van der Waals surface area contributed by atoms with E-state index in [0.717, 1.165) is 30.5 Å². The SMILES string of the molecule is O=C(NCc1ccc(CN2CCCCCC2)cc1)C1(c2ccccc2)CCOCC1. The molecule has 4 heteroatoms. The van der Waals surface area contributed by atoms with Crippen LogP contribution in [0, 0.1) is 0 Å². The fraction of sp³-hybridized carbons (Fsp3) is 0.500. The smallest absolute Gasteiger partial charge is 0.231 e. The van der Waals surface area contributed by atoms with Crippen LogP contribution in [0.3, 0.4) is 0 Å². The molecule has 160 valence electrons. The van der Waals surface area contributed by atoms with Crippen LogP contribution in [0.15, 0.2) is 54.6 Å². The number of ether oxygens (including phenoxy) is 1. The Balaban J connectivity index is 1.36. The highest BCUT2D eigenvalue weighted by molar-refractivity contribution is 5.88. The molecule has 0 bridgehead atoms. The van der Waals surface area contributed by atoms with E-state index in [-0.39, 0.29) is 5.91 Å². The van der Waals surface area contributed by atoms with Crippen LogP contribution in [0.1, 0.15) is 55.2 Å². The molecule has 30 heavy (non-hydrogen) atoms. The Kier molecular flexibility index (Phi) is 7.19. The van der Waals surface area contributed by atoms with Crippen molar-refractivity contribution in [1.29, 1.82) is 0 Å². The summed E-state index contributed by atoms with van der Waals surface area (Å²) in [6, 6.07) is 18.9. The molecule has 0 aliphatic carbocycles. The normalized spacial score (nSPS) is 19.7. The first-order valence-corrected chi connectivity index (χ1v) is 11.5. The van der Waals surface area contributed by atoms with Crippen LogP contribution in [0.5, 0.6) is 0 Å². The van der Waals surface area contributed by atoms with Gasteiger partial charge in [-0.1, -0.05) is 67.4 Å². The average Bonchev–Trinajstić information content (AvgIpc) is 3.08. The number of hydrogen-bond acceptors (Lipinski definition) is 3. The van der Waals surface area contributed by atoms with E-state index in [1.165, 1.54) is 44.3 Å². The van der Waals surface area contributed by atoms with Crippen molar-refractivity contribution >= 4 is 5.91 Å². The van der Waals surface area contributed by atoms with E-state index in [2.05, 4.69) is 46.6 Å². The van der Waals surface area contributed by atoms with Crippen molar-refractivity contribution in [3.8, 4) is 0 Å². The zero-order valence-corrected chi connectivity index (χ0v) is 17.9. The van der Waals surface area contributed by atoms with Gasteiger partial charge in [-0.15, -0.1) is 0 Å². The van der Waals surface area contributed by atoms with E-state index in [4.69, 9.17) is 4.74 Å². The zero-order valence-electron chi connectivity index (χ0n) is 17.9. The van der Waals surface area contributed by atoms with E-state index < -0.39 is 5.41 Å². The zero-order chi connectivity index (χ0) is 20.7. The van der Waals surface area contributed by atoms with E-state index in [1.807, 2.05) is 18.2 Å². The highest BCUT2D eigenvalue weighted by Gasteiger charge is 2.41. The minimum Gasteiger partial charge on any atom is -0.381 e. The molecule has 0 saturated carbocycles. The van der Waals surface area contributed by atoms with Gasteiger partial charge in [0.2, 0.25) is 5.91 Å². The molecule has 1 amide bonds. The van der Waals surface area contributed by atoms with Crippen LogP contribution >= 0.6 is 0 Å². The number of amides is 1. The first kappa shape index (κ1) is 21.1. The summed E-state index contributed by atoms with van der Waals surface area (Å²) in [4.78, 5) is 15.9. The molecule has 1 N–H and O–H groups in total. The van der Waals surface area contributed by atoms with Crippen molar-refractivity contribution < 1.29 is 9.53 Å². The fourth-order valence-corrected chi connectivity index (χ4v) is 4.79. The van der Waals surface area contributed by atoms with Crippen molar-refractivity contribution in [3.63, 3.8) is 0 Å². The number of hydrogen-bond donors (Lipinski definition) is 1. The molecule has 4 nitrogen and oxygen atoms in total. The lowest BCUT2D eigenvalue weighted by atomic mass is 9.73. The number of nitrogens with zero attached hydrogens (tertiary/aromatic N) is 1. The van der Waals surface area contributed by atoms with Gasteiger partial charge in [0.25, 0.3) is 0 Å². The van der Waals surface area contributed by atoms with Crippen molar-refractivity contribution in [1.82, 2.24) is 10.2 Å². The minimum absolute atomic E-state index is 0.116. The Bertz CT molecular complexity index is 790. The van der Waals surface area contributed by atoms with Crippen LogP contribution in [0.25, 0.3) is 0 Å². The fourth-order valence-electron chi connectivity index (χ4n) is 4.79. The van der Waals surface area contributed by atoms with Crippen LogP contribution in [-0.2, 0) is 28.0 Å². The van der Waals surface area contributed by atoms with Crippen LogP contribution in [0.2, 0.25) is 0 Å². The Morgan fingerprint density at radius 1 is 0.867 bits per heavy atom. The second-order valence-corrected chi connectivity index (χ2v) is 8.75. The van der Waals surface area contributed by atoms with Gasteiger partial charge in [0.05, 0.1) is 5.41 Å². The quantitative estimate of drug-likeness (QED) is 0.772. The van der Waals surface area contributed by atoms with Gasteiger partial charge in [0.1, 0.15) is 0 Å². The Morgan fingerprint density at radius 2 is 1.50 bits per heavy atom. The van der Waals surface area contributed by atoms with Gasteiger partial charge < -0.3 is 10.1 Å². The molecule has 2 fully saturated rings. The van der Waals surface area contributed by atoms with Gasteiger partial charge >= 0.3 is 0 Å². The van der Waals surface area contributed by atoms with Gasteiger partial charge in [-0.25, -0.2) is 0 Å². The largest absolute Gasteiger partial charge is 0.381 e. The van der Waals surface area contributed by atoms with Crippen molar-refractivity contribution in [2.24, 2.45) is 0 Å². The molecule has 0 spiro atoms. The van der Waals surface area contributed by atoms with Gasteiger partial charge in [0, 0.05) is 26.3 Å². The van der Waals surface area contributed by atoms with E-state index >= 15 is 0 Å². The maximum Gasteiger partial charge on any atom is 0.231 e. The summed E-state index contributed by atoms with van der Waals surface area (Å²) in [5.74, 6) is 0.116. The molecule has 2 saturated heterocycles. The van der Waals surface area contributed by atoms with Crippen LogP contribution in [0.4, 0.5) is 0 Å². The highest BCUT2D eigenvalue weighted by atomic mass is 16.5. The topological polar surface area (TPSA) is 41.6 Å². The molecule has 2 aliphatic rings. The summed E-state index contributed by atoms with van der Waals surface area (Å²) in [5, 5.41) is 3.21. The van der Waals surface area contributed by atoms with Gasteiger partial charge in [0.15, 0.2) is 0 Å². The number of benzene rings is 2. The third-order valence-electron chi connectivity index (χ3n) is 6.69. The Hall–Kier alpha value is -2.17. The third kappa shape index (κ3) is 5.11. The molecule has 0 unspecified atom stereocenters. The summed E-state index contributed by atoms with van der Waals surface area (Å²) < 4.78 is 5.56. The van der Waals surface area contributed by atoms with E-state index in [9.17, 15) is 4.79 Å². The summed E-state index contributed by atoms with van der Waals surface area (Å²) in [6.07, 6.45) is 6.84. The molecular formula is C26H34N2O2. The molecule has 2 heterocycles. The number of likely N-dealkylation sites (tertiary alicyclic amines) is 1. The van der Waals surface area contributed by atoms with Crippen LogP contribution in [-0.4, -0.2) is 37.1 Å². The first-order chi connectivity index (χ1) is 14.8. The predicted molar refractivity (Wildman–Crippen MR) is 120 cm³/mol. The van der Waals surface area contributed by atoms with E-state index in [1.54, 1.807) is 0 Å². The van der Waals surface area contributed by atoms with Crippen molar-refractivity contribution in [3.05, 3.63) is 71.3 Å². The summed E-state index contributed by atoms with van der Waals surface area (Å²) >= 11 is 0. The molecule has 4 rings (SSSR count). The van der Waals surface area contributed by atoms with E-state index in [0.29, 0.717) is 19.8 Å². The lowest BCUT2D eigenvalue weighted by Crippen LogP contribution is -2.47. The monoisotopic (exact) mass is 406 g/mol. The maximum atomic E-state index is 13.3. The second kappa shape index (κ2) is 10.2. The molecule has 0 radical (unpaired) electrons. The van der Waals surface area contributed by atoms with Gasteiger partial charge in [-0.3, -0.25) is 9.69 Å². The molecule has 2 aliphatic heterocycles. The Labute approximate surface area is 180 Å². The number of carbonyl (C=O) groups excluding carboxylic acids is 1. The van der Waals surface area contributed by atoms with Crippen LogP contribution < -0.4 is 5.32 Å². The number of nitrogens with one attached hydrogen (secondary N) is 1. The van der Waals surface area contributed by atoms with Gasteiger partial charge in [-0.05, 0) is 55.5 Å². The first-order valence-electron chi connectivity index (χ1n) is 11.5. The summed E-state index contributed by atoms with van der Waals surface area (Å²) in [7, 11) is 0. The van der Waals surface area contributed by atoms with Crippen molar-refractivity contribution in [2.45, 2.75) is 57.0 Å². The number of rotatable bonds is 6. The highest BCUT2D eigenvalue weighted by Crippen LogP contribution is 2.35. The third-order valence-corrected chi connectivity index (χ3v) is 6.69. The standard InChI is InChI=1S/C26H34N2O2/c29-25(26(14-18-30-19-15-26)24-8-4-3-5-9-24)27-20-22-10-12-23(13-11-22)21-28-16-6-1-2-7-17-28/h3-5,8-13H,1-2,6-7,14-21H2,(H,27,29). The average molecular weight is 407 g/mol. The summed E-state index contributed by atoms with van der Waals surface area (Å²) in [5.41, 5.74) is 3.13. The predicted octanol–water partition coefficient (Wildman–Crippen LogP) is 4.43. The molecule has 0 atom stereocenters. The maximum absolute atomic E-state index is 13.3. The molecule has 2 aromatic carbocycles. The number of carbonyl (C=O) groups is 1.